The molecule has 0 radical (unpaired) electrons. The lowest BCUT2D eigenvalue weighted by molar-refractivity contribution is -0.142. The lowest BCUT2D eigenvalue weighted by atomic mass is 9.97. The molecule has 0 saturated heterocycles. The predicted octanol–water partition coefficient (Wildman–Crippen LogP) is 6.11. The highest BCUT2D eigenvalue weighted by Gasteiger charge is 2.35. The molecule has 3 amide bonds. The Bertz CT molecular complexity index is 1890. The zero-order chi connectivity index (χ0) is 34.9. The average molecular weight is 659 g/mol. The van der Waals surface area contributed by atoms with Gasteiger partial charge in [0, 0.05) is 45.1 Å². The van der Waals surface area contributed by atoms with Gasteiger partial charge in [-0.1, -0.05) is 97.1 Å². The fourth-order valence-corrected chi connectivity index (χ4v) is 6.01. The maximum absolute atomic E-state index is 14.6. The summed E-state index contributed by atoms with van der Waals surface area (Å²) >= 11 is 0. The Morgan fingerprint density at radius 2 is 1.35 bits per heavy atom. The summed E-state index contributed by atoms with van der Waals surface area (Å²) in [5, 5.41) is 5.09. The van der Waals surface area contributed by atoms with Crippen LogP contribution in [0.25, 0.3) is 10.8 Å². The van der Waals surface area contributed by atoms with Gasteiger partial charge in [-0.25, -0.2) is 4.39 Å². The maximum atomic E-state index is 14.6. The van der Waals surface area contributed by atoms with Crippen molar-refractivity contribution in [2.75, 3.05) is 20.6 Å². The van der Waals surface area contributed by atoms with E-state index in [1.807, 2.05) is 85.8 Å². The summed E-state index contributed by atoms with van der Waals surface area (Å²) in [6.07, 6.45) is 1.01. The molecule has 5 aromatic rings. The van der Waals surface area contributed by atoms with Crippen molar-refractivity contribution in [2.24, 2.45) is 5.73 Å². The van der Waals surface area contributed by atoms with Gasteiger partial charge in [-0.15, -0.1) is 0 Å². The van der Waals surface area contributed by atoms with E-state index in [-0.39, 0.29) is 36.5 Å². The Labute approximate surface area is 287 Å². The fraction of sp³-hybridized carbons (Fsp3) is 0.244. The summed E-state index contributed by atoms with van der Waals surface area (Å²) in [4.78, 5) is 45.3. The van der Waals surface area contributed by atoms with Crippen LogP contribution < -0.4 is 11.1 Å². The zero-order valence-electron chi connectivity index (χ0n) is 28.2. The van der Waals surface area contributed by atoms with Gasteiger partial charge in [-0.05, 0) is 70.6 Å². The second-order valence-corrected chi connectivity index (χ2v) is 12.6. The van der Waals surface area contributed by atoms with E-state index in [4.69, 9.17) is 5.73 Å². The van der Waals surface area contributed by atoms with E-state index in [1.165, 1.54) is 21.9 Å². The molecule has 5 rings (SSSR count). The Hall–Kier alpha value is -5.34. The minimum atomic E-state index is -0.939. The highest BCUT2D eigenvalue weighted by atomic mass is 19.1. The van der Waals surface area contributed by atoms with E-state index in [9.17, 15) is 18.8 Å². The molecule has 0 bridgehead atoms. The first-order valence-corrected chi connectivity index (χ1v) is 16.5. The molecule has 0 aliphatic heterocycles. The maximum Gasteiger partial charge on any atom is 0.254 e. The number of halogens is 1. The van der Waals surface area contributed by atoms with Crippen LogP contribution in [0.2, 0.25) is 0 Å². The molecule has 49 heavy (non-hydrogen) atoms. The second kappa shape index (κ2) is 16.2. The van der Waals surface area contributed by atoms with E-state index >= 15 is 0 Å². The summed E-state index contributed by atoms with van der Waals surface area (Å²) in [7, 11) is 3.21. The lowest BCUT2D eigenvalue weighted by Crippen LogP contribution is -2.56. The second-order valence-electron chi connectivity index (χ2n) is 12.6. The molecule has 3 N–H and O–H groups in total. The number of rotatable bonds is 13. The first-order valence-electron chi connectivity index (χ1n) is 16.5. The van der Waals surface area contributed by atoms with Crippen LogP contribution in [0.4, 0.5) is 4.39 Å². The molecule has 1 unspecified atom stereocenters. The van der Waals surface area contributed by atoms with Crippen molar-refractivity contribution in [1.29, 1.82) is 0 Å². The van der Waals surface area contributed by atoms with Crippen LogP contribution in [-0.4, -0.2) is 60.2 Å². The van der Waals surface area contributed by atoms with E-state index in [1.54, 1.807) is 44.4 Å². The molecule has 252 valence electrons. The van der Waals surface area contributed by atoms with Crippen LogP contribution in [-0.2, 0) is 28.9 Å². The number of carbonyl (C=O) groups excluding carboxylic acids is 3. The Morgan fingerprint density at radius 1 is 0.694 bits per heavy atom. The van der Waals surface area contributed by atoms with Crippen molar-refractivity contribution in [1.82, 2.24) is 15.1 Å². The quantitative estimate of drug-likeness (QED) is 0.160. The van der Waals surface area contributed by atoms with Gasteiger partial charge in [0.05, 0.1) is 0 Å². The van der Waals surface area contributed by atoms with E-state index in [0.29, 0.717) is 24.1 Å². The molecule has 0 fully saturated rings. The monoisotopic (exact) mass is 658 g/mol. The zero-order valence-corrected chi connectivity index (χ0v) is 28.2. The number of carbonyl (C=O) groups is 3. The lowest BCUT2D eigenvalue weighted by Gasteiger charge is -2.35. The summed E-state index contributed by atoms with van der Waals surface area (Å²) in [5.41, 5.74) is 9.98. The summed E-state index contributed by atoms with van der Waals surface area (Å²) in [6.45, 7) is 2.22. The average Bonchev–Trinajstić information content (AvgIpc) is 3.12. The van der Waals surface area contributed by atoms with Crippen LogP contribution in [0.15, 0.2) is 121 Å². The molecule has 5 aromatic carbocycles. The molecule has 3 atom stereocenters. The fourth-order valence-electron chi connectivity index (χ4n) is 6.01. The summed E-state index contributed by atoms with van der Waals surface area (Å²) in [6, 6.07) is 34.7. The Kier molecular flexibility index (Phi) is 11.5. The van der Waals surface area contributed by atoms with Gasteiger partial charge >= 0.3 is 0 Å². The predicted molar refractivity (Wildman–Crippen MR) is 192 cm³/mol. The highest BCUT2D eigenvalue weighted by Crippen LogP contribution is 2.22. The molecular formula is C41H43FN4O3. The smallest absolute Gasteiger partial charge is 0.254 e. The topological polar surface area (TPSA) is 95.7 Å². The van der Waals surface area contributed by atoms with Crippen LogP contribution in [0, 0.1) is 5.82 Å². The van der Waals surface area contributed by atoms with Gasteiger partial charge in [-0.3, -0.25) is 14.4 Å². The van der Waals surface area contributed by atoms with E-state index in [2.05, 4.69) is 5.32 Å². The van der Waals surface area contributed by atoms with Crippen molar-refractivity contribution in [3.05, 3.63) is 155 Å². The van der Waals surface area contributed by atoms with Gasteiger partial charge < -0.3 is 20.9 Å². The van der Waals surface area contributed by atoms with Gasteiger partial charge in [0.15, 0.2) is 0 Å². The van der Waals surface area contributed by atoms with Gasteiger partial charge in [0.25, 0.3) is 5.91 Å². The van der Waals surface area contributed by atoms with Gasteiger partial charge in [-0.2, -0.15) is 0 Å². The van der Waals surface area contributed by atoms with Crippen LogP contribution in [0.3, 0.4) is 0 Å². The molecule has 0 heterocycles. The SMILES string of the molecule is CC(N)c1cccc(C(=O)N(C)[C@H](Cc2ccc3ccccc3c2)C(=O)N(C)[C@H](Cc2ccc(F)cc2)C(=O)NCCc2ccccc2)c1. The van der Waals surface area contributed by atoms with Crippen LogP contribution >= 0.6 is 0 Å². The Balaban J connectivity index is 1.46. The number of nitrogens with zero attached hydrogens (tertiary/aromatic N) is 2. The summed E-state index contributed by atoms with van der Waals surface area (Å²) in [5.74, 6) is -1.45. The first-order chi connectivity index (χ1) is 23.6. The summed E-state index contributed by atoms with van der Waals surface area (Å²) < 4.78 is 13.8. The molecule has 7 nitrogen and oxygen atoms in total. The molecule has 0 aliphatic rings. The number of amides is 3. The number of benzene rings is 5. The molecule has 0 saturated carbocycles. The van der Waals surface area contributed by atoms with Crippen molar-refractivity contribution in [2.45, 2.75) is 44.3 Å². The number of nitrogens with one attached hydrogen (secondary N) is 1. The van der Waals surface area contributed by atoms with Crippen molar-refractivity contribution < 1.29 is 18.8 Å². The normalized spacial score (nSPS) is 12.9. The number of nitrogens with two attached hydrogens (primary N) is 1. The van der Waals surface area contributed by atoms with Gasteiger partial charge in [0.2, 0.25) is 11.8 Å². The number of hydrogen-bond donors (Lipinski definition) is 2. The molecule has 0 aliphatic carbocycles. The van der Waals surface area contributed by atoms with Gasteiger partial charge in [0.1, 0.15) is 17.9 Å². The molecule has 8 heteroatoms. The van der Waals surface area contributed by atoms with Crippen LogP contribution in [0.5, 0.6) is 0 Å². The molecule has 0 spiro atoms. The number of fused-ring (bicyclic) bond motifs is 1. The van der Waals surface area contributed by atoms with Crippen LogP contribution in [0.1, 0.15) is 45.6 Å². The largest absolute Gasteiger partial charge is 0.354 e. The Morgan fingerprint density at radius 3 is 2.06 bits per heavy atom. The minimum Gasteiger partial charge on any atom is -0.354 e. The van der Waals surface area contributed by atoms with E-state index < -0.39 is 18.0 Å². The first kappa shape index (κ1) is 35.0. The van der Waals surface area contributed by atoms with Crippen molar-refractivity contribution in [3.8, 4) is 0 Å². The number of hydrogen-bond acceptors (Lipinski definition) is 4. The van der Waals surface area contributed by atoms with Crippen molar-refractivity contribution >= 4 is 28.5 Å². The third-order valence-corrected chi connectivity index (χ3v) is 8.99. The highest BCUT2D eigenvalue weighted by molar-refractivity contribution is 5.98. The standard InChI is InChI=1S/C41H43FN4O3/c1-28(43)33-14-9-15-35(27-33)40(48)46(3)38(26-31-16-19-32-12-7-8-13-34(32)24-31)41(49)45(2)37(25-30-17-20-36(42)21-18-30)39(47)44-23-22-29-10-5-4-6-11-29/h4-21,24,27-28,37-38H,22-23,25-26,43H2,1-3H3,(H,44,47)/t28?,37-,38-/m1/s1. The minimum absolute atomic E-state index is 0.163. The molecule has 0 aromatic heterocycles. The third-order valence-electron chi connectivity index (χ3n) is 8.99. The molecular weight excluding hydrogens is 615 g/mol. The third kappa shape index (κ3) is 8.97. The number of likely N-dealkylation sites (N-methyl/N-ethyl adjacent to an activating group) is 2. The van der Waals surface area contributed by atoms with Crippen molar-refractivity contribution in [3.63, 3.8) is 0 Å². The van der Waals surface area contributed by atoms with E-state index in [0.717, 1.165) is 27.5 Å².